The second-order valence-corrected chi connectivity index (χ2v) is 5.81. The van der Waals surface area contributed by atoms with Gasteiger partial charge in [0.2, 0.25) is 5.91 Å². The van der Waals surface area contributed by atoms with Gasteiger partial charge in [-0.3, -0.25) is 9.59 Å². The standard InChI is InChI=1S/C15H17N3O3/c1-15(14(17)20)4-5-18(8-15)13(19)12-7-9-6-10(16)2-3-11(9)21-12/h2-3,6-7H,4-5,8,16H2,1H3,(H2,17,20). The van der Waals surface area contributed by atoms with Crippen molar-refractivity contribution in [2.75, 3.05) is 18.8 Å². The minimum absolute atomic E-state index is 0.227. The van der Waals surface area contributed by atoms with E-state index in [0.29, 0.717) is 30.8 Å². The molecule has 4 N–H and O–H groups in total. The quantitative estimate of drug-likeness (QED) is 0.814. The van der Waals surface area contributed by atoms with Gasteiger partial charge < -0.3 is 20.8 Å². The second-order valence-electron chi connectivity index (χ2n) is 5.81. The van der Waals surface area contributed by atoms with Gasteiger partial charge >= 0.3 is 0 Å². The van der Waals surface area contributed by atoms with Crippen LogP contribution in [0.25, 0.3) is 11.0 Å². The number of benzene rings is 1. The average molecular weight is 287 g/mol. The zero-order chi connectivity index (χ0) is 15.2. The van der Waals surface area contributed by atoms with Crippen LogP contribution in [0.5, 0.6) is 0 Å². The lowest BCUT2D eigenvalue weighted by Gasteiger charge is -2.20. The fraction of sp³-hybridized carbons (Fsp3) is 0.333. The van der Waals surface area contributed by atoms with Crippen LogP contribution in [-0.2, 0) is 4.79 Å². The van der Waals surface area contributed by atoms with E-state index in [-0.39, 0.29) is 17.6 Å². The summed E-state index contributed by atoms with van der Waals surface area (Å²) in [5.41, 5.74) is 11.7. The van der Waals surface area contributed by atoms with E-state index in [1.165, 1.54) is 0 Å². The van der Waals surface area contributed by atoms with Crippen molar-refractivity contribution in [3.8, 4) is 0 Å². The monoisotopic (exact) mass is 287 g/mol. The molecule has 110 valence electrons. The lowest BCUT2D eigenvalue weighted by Crippen LogP contribution is -2.38. The Labute approximate surface area is 121 Å². The predicted molar refractivity (Wildman–Crippen MR) is 78.4 cm³/mol. The number of rotatable bonds is 2. The SMILES string of the molecule is CC1(C(N)=O)CCN(C(=O)c2cc3cc(N)ccc3o2)C1. The summed E-state index contributed by atoms with van der Waals surface area (Å²) < 4.78 is 5.56. The second kappa shape index (κ2) is 4.51. The molecule has 6 heteroatoms. The fourth-order valence-electron chi connectivity index (χ4n) is 2.66. The number of nitrogen functional groups attached to an aromatic ring is 1. The minimum atomic E-state index is -0.661. The normalized spacial score (nSPS) is 21.9. The molecular formula is C15H17N3O3. The number of furan rings is 1. The number of nitrogens with two attached hydrogens (primary N) is 2. The van der Waals surface area contributed by atoms with E-state index >= 15 is 0 Å². The maximum Gasteiger partial charge on any atom is 0.289 e. The summed E-state index contributed by atoms with van der Waals surface area (Å²) in [6.07, 6.45) is 0.571. The molecule has 0 spiro atoms. The molecule has 1 atom stereocenters. The summed E-state index contributed by atoms with van der Waals surface area (Å²) in [6, 6.07) is 6.89. The number of carbonyl (C=O) groups excluding carboxylic acids is 2. The predicted octanol–water partition coefficient (Wildman–Crippen LogP) is 1.35. The van der Waals surface area contributed by atoms with Crippen molar-refractivity contribution >= 4 is 28.5 Å². The number of anilines is 1. The maximum absolute atomic E-state index is 12.5. The molecule has 6 nitrogen and oxygen atoms in total. The van der Waals surface area contributed by atoms with Gasteiger partial charge in [-0.05, 0) is 37.6 Å². The van der Waals surface area contributed by atoms with Crippen LogP contribution >= 0.6 is 0 Å². The van der Waals surface area contributed by atoms with Crippen molar-refractivity contribution in [1.29, 1.82) is 0 Å². The van der Waals surface area contributed by atoms with E-state index in [9.17, 15) is 9.59 Å². The van der Waals surface area contributed by atoms with Crippen molar-refractivity contribution in [3.05, 3.63) is 30.0 Å². The van der Waals surface area contributed by atoms with E-state index in [4.69, 9.17) is 15.9 Å². The molecule has 21 heavy (non-hydrogen) atoms. The first-order valence-electron chi connectivity index (χ1n) is 6.77. The summed E-state index contributed by atoms with van der Waals surface area (Å²) >= 11 is 0. The number of primary amides is 1. The molecule has 1 unspecified atom stereocenters. The Balaban J connectivity index is 1.86. The molecule has 1 fully saturated rings. The number of likely N-dealkylation sites (tertiary alicyclic amines) is 1. The Bertz CT molecular complexity index is 737. The van der Waals surface area contributed by atoms with Crippen molar-refractivity contribution in [1.82, 2.24) is 4.90 Å². The number of nitrogens with zero attached hydrogens (tertiary/aromatic N) is 1. The van der Waals surface area contributed by atoms with E-state index in [2.05, 4.69) is 0 Å². The highest BCUT2D eigenvalue weighted by molar-refractivity contribution is 5.97. The molecule has 1 saturated heterocycles. The van der Waals surface area contributed by atoms with Gasteiger partial charge in [0.05, 0.1) is 5.41 Å². The van der Waals surface area contributed by atoms with Crippen LogP contribution in [0.2, 0.25) is 0 Å². The Hall–Kier alpha value is -2.50. The van der Waals surface area contributed by atoms with Gasteiger partial charge in [0.15, 0.2) is 5.76 Å². The molecule has 2 aromatic rings. The zero-order valence-electron chi connectivity index (χ0n) is 11.8. The van der Waals surface area contributed by atoms with Crippen LogP contribution < -0.4 is 11.5 Å². The van der Waals surface area contributed by atoms with Crippen LogP contribution in [-0.4, -0.2) is 29.8 Å². The summed E-state index contributed by atoms with van der Waals surface area (Å²) in [7, 11) is 0. The Morgan fingerprint density at radius 2 is 2.10 bits per heavy atom. The number of hydrogen-bond acceptors (Lipinski definition) is 4. The number of amides is 2. The van der Waals surface area contributed by atoms with Crippen LogP contribution in [0.3, 0.4) is 0 Å². The first-order valence-corrected chi connectivity index (χ1v) is 6.77. The van der Waals surface area contributed by atoms with Crippen LogP contribution in [0.15, 0.2) is 28.7 Å². The van der Waals surface area contributed by atoms with Gasteiger partial charge in [0.25, 0.3) is 5.91 Å². The van der Waals surface area contributed by atoms with Gasteiger partial charge in [0.1, 0.15) is 5.58 Å². The summed E-state index contributed by atoms with van der Waals surface area (Å²) in [6.45, 7) is 2.60. The minimum Gasteiger partial charge on any atom is -0.451 e. The maximum atomic E-state index is 12.5. The third-order valence-corrected chi connectivity index (χ3v) is 4.11. The van der Waals surface area contributed by atoms with Crippen molar-refractivity contribution in [2.24, 2.45) is 11.1 Å². The fourth-order valence-corrected chi connectivity index (χ4v) is 2.66. The molecule has 1 aliphatic rings. The topological polar surface area (TPSA) is 103 Å². The average Bonchev–Trinajstić information content (AvgIpc) is 3.02. The summed E-state index contributed by atoms with van der Waals surface area (Å²) in [4.78, 5) is 25.5. The molecule has 0 radical (unpaired) electrons. The van der Waals surface area contributed by atoms with E-state index in [1.807, 2.05) is 0 Å². The molecule has 2 amide bonds. The molecule has 0 aliphatic carbocycles. The molecule has 1 aromatic heterocycles. The molecule has 1 aromatic carbocycles. The van der Waals surface area contributed by atoms with Crippen molar-refractivity contribution in [3.63, 3.8) is 0 Å². The van der Waals surface area contributed by atoms with Crippen molar-refractivity contribution in [2.45, 2.75) is 13.3 Å². The van der Waals surface area contributed by atoms with Gasteiger partial charge in [-0.15, -0.1) is 0 Å². The third-order valence-electron chi connectivity index (χ3n) is 4.11. The van der Waals surface area contributed by atoms with Gasteiger partial charge in [-0.1, -0.05) is 0 Å². The highest BCUT2D eigenvalue weighted by Gasteiger charge is 2.41. The van der Waals surface area contributed by atoms with Gasteiger partial charge in [-0.25, -0.2) is 0 Å². The Kier molecular flexibility index (Phi) is 2.90. The first kappa shape index (κ1) is 13.5. The Morgan fingerprint density at radius 1 is 1.33 bits per heavy atom. The molecule has 2 heterocycles. The van der Waals surface area contributed by atoms with E-state index in [0.717, 1.165) is 5.39 Å². The molecule has 1 aliphatic heterocycles. The van der Waals surface area contributed by atoms with Crippen molar-refractivity contribution < 1.29 is 14.0 Å². The molecular weight excluding hydrogens is 270 g/mol. The Morgan fingerprint density at radius 3 is 2.76 bits per heavy atom. The van der Waals surface area contributed by atoms with Gasteiger partial charge in [0, 0.05) is 24.2 Å². The molecule has 0 saturated carbocycles. The van der Waals surface area contributed by atoms with Crippen LogP contribution in [0, 0.1) is 5.41 Å². The van der Waals surface area contributed by atoms with E-state index < -0.39 is 5.41 Å². The summed E-state index contributed by atoms with van der Waals surface area (Å²) in [5.74, 6) is -0.353. The van der Waals surface area contributed by atoms with Crippen LogP contribution in [0.4, 0.5) is 5.69 Å². The summed E-state index contributed by atoms with van der Waals surface area (Å²) in [5, 5.41) is 0.787. The molecule has 0 bridgehead atoms. The lowest BCUT2D eigenvalue weighted by atomic mass is 9.89. The van der Waals surface area contributed by atoms with Gasteiger partial charge in [-0.2, -0.15) is 0 Å². The molecule has 3 rings (SSSR count). The highest BCUT2D eigenvalue weighted by atomic mass is 16.3. The van der Waals surface area contributed by atoms with Crippen LogP contribution in [0.1, 0.15) is 23.9 Å². The highest BCUT2D eigenvalue weighted by Crippen LogP contribution is 2.31. The third kappa shape index (κ3) is 2.22. The number of fused-ring (bicyclic) bond motifs is 1. The lowest BCUT2D eigenvalue weighted by molar-refractivity contribution is -0.126. The smallest absolute Gasteiger partial charge is 0.289 e. The number of carbonyl (C=O) groups is 2. The first-order chi connectivity index (χ1) is 9.89. The largest absolute Gasteiger partial charge is 0.451 e. The van der Waals surface area contributed by atoms with E-state index in [1.54, 1.807) is 36.1 Å². The number of hydrogen-bond donors (Lipinski definition) is 2. The zero-order valence-corrected chi connectivity index (χ0v) is 11.8.